The molecule has 0 amide bonds. The van der Waals surface area contributed by atoms with Crippen molar-refractivity contribution in [2.75, 3.05) is 13.7 Å². The van der Waals surface area contributed by atoms with E-state index in [1.165, 1.54) is 43.2 Å². The van der Waals surface area contributed by atoms with E-state index in [-0.39, 0.29) is 0 Å². The number of rotatable bonds is 6. The third-order valence-corrected chi connectivity index (χ3v) is 5.07. The van der Waals surface area contributed by atoms with Crippen molar-refractivity contribution in [1.82, 2.24) is 5.32 Å². The van der Waals surface area contributed by atoms with Crippen LogP contribution in [-0.2, 0) is 0 Å². The zero-order chi connectivity index (χ0) is 15.2. The third-order valence-electron chi connectivity index (χ3n) is 5.07. The Kier molecular flexibility index (Phi) is 6.10. The molecule has 0 heterocycles. The Morgan fingerprint density at radius 1 is 1.29 bits per heavy atom. The Labute approximate surface area is 130 Å². The molecular formula is C19H31NO. The molecule has 3 atom stereocenters. The molecule has 0 aromatic heterocycles. The summed E-state index contributed by atoms with van der Waals surface area (Å²) in [7, 11) is 1.75. The van der Waals surface area contributed by atoms with Crippen LogP contribution in [0.4, 0.5) is 0 Å². The van der Waals surface area contributed by atoms with Crippen LogP contribution in [0.5, 0.6) is 5.75 Å². The SMILES string of the molecule is CCNC(c1ccc(OC)c(C)c1)C1CCCC(CC)C1. The first-order valence-electron chi connectivity index (χ1n) is 8.57. The van der Waals surface area contributed by atoms with Gasteiger partial charge in [-0.15, -0.1) is 0 Å². The van der Waals surface area contributed by atoms with Gasteiger partial charge in [0.2, 0.25) is 0 Å². The Hall–Kier alpha value is -1.02. The van der Waals surface area contributed by atoms with E-state index in [1.54, 1.807) is 7.11 Å². The molecule has 1 aromatic carbocycles. The van der Waals surface area contributed by atoms with Gasteiger partial charge >= 0.3 is 0 Å². The van der Waals surface area contributed by atoms with Crippen LogP contribution in [0.3, 0.4) is 0 Å². The molecule has 21 heavy (non-hydrogen) atoms. The standard InChI is InChI=1S/C19H31NO/c1-5-15-8-7-9-16(13-15)19(20-6-2)17-10-11-18(21-4)14(3)12-17/h10-12,15-16,19-20H,5-9,13H2,1-4H3. The fraction of sp³-hybridized carbons (Fsp3) is 0.684. The number of methoxy groups -OCH3 is 1. The molecule has 0 aliphatic heterocycles. The van der Waals surface area contributed by atoms with E-state index in [2.05, 4.69) is 44.3 Å². The van der Waals surface area contributed by atoms with Gasteiger partial charge in [-0.2, -0.15) is 0 Å². The summed E-state index contributed by atoms with van der Waals surface area (Å²) in [5.74, 6) is 2.68. The summed E-state index contributed by atoms with van der Waals surface area (Å²) in [6, 6.07) is 7.17. The fourth-order valence-electron chi connectivity index (χ4n) is 3.88. The number of aryl methyl sites for hydroxylation is 1. The molecule has 3 unspecified atom stereocenters. The largest absolute Gasteiger partial charge is 0.496 e. The number of hydrogen-bond donors (Lipinski definition) is 1. The maximum absolute atomic E-state index is 5.40. The van der Waals surface area contributed by atoms with Crippen molar-refractivity contribution >= 4 is 0 Å². The van der Waals surface area contributed by atoms with Crippen LogP contribution < -0.4 is 10.1 Å². The van der Waals surface area contributed by atoms with Crippen LogP contribution in [0.15, 0.2) is 18.2 Å². The highest BCUT2D eigenvalue weighted by molar-refractivity contribution is 5.37. The molecule has 0 bridgehead atoms. The molecular weight excluding hydrogens is 258 g/mol. The molecule has 1 saturated carbocycles. The summed E-state index contributed by atoms with van der Waals surface area (Å²) in [4.78, 5) is 0. The second-order valence-corrected chi connectivity index (χ2v) is 6.47. The van der Waals surface area contributed by atoms with Gasteiger partial charge in [-0.05, 0) is 55.3 Å². The molecule has 118 valence electrons. The lowest BCUT2D eigenvalue weighted by atomic mass is 9.75. The quantitative estimate of drug-likeness (QED) is 0.806. The number of ether oxygens (including phenoxy) is 1. The Balaban J connectivity index is 2.19. The molecule has 0 radical (unpaired) electrons. The summed E-state index contributed by atoms with van der Waals surface area (Å²) in [6.45, 7) is 7.72. The van der Waals surface area contributed by atoms with Gasteiger partial charge in [0.15, 0.2) is 0 Å². The fourth-order valence-corrected chi connectivity index (χ4v) is 3.88. The van der Waals surface area contributed by atoms with Crippen molar-refractivity contribution in [2.45, 2.75) is 58.9 Å². The van der Waals surface area contributed by atoms with Gasteiger partial charge in [-0.1, -0.05) is 45.2 Å². The van der Waals surface area contributed by atoms with E-state index in [4.69, 9.17) is 4.74 Å². The number of hydrogen-bond acceptors (Lipinski definition) is 2. The highest BCUT2D eigenvalue weighted by Gasteiger charge is 2.28. The van der Waals surface area contributed by atoms with Crippen molar-refractivity contribution in [3.05, 3.63) is 29.3 Å². The second kappa shape index (κ2) is 7.84. The molecule has 1 aliphatic rings. The Morgan fingerprint density at radius 3 is 2.71 bits per heavy atom. The number of benzene rings is 1. The zero-order valence-electron chi connectivity index (χ0n) is 14.1. The smallest absolute Gasteiger partial charge is 0.121 e. The molecule has 1 aliphatic carbocycles. The van der Waals surface area contributed by atoms with E-state index < -0.39 is 0 Å². The van der Waals surface area contributed by atoms with E-state index >= 15 is 0 Å². The van der Waals surface area contributed by atoms with Crippen LogP contribution in [-0.4, -0.2) is 13.7 Å². The van der Waals surface area contributed by atoms with Gasteiger partial charge in [0.1, 0.15) is 5.75 Å². The van der Waals surface area contributed by atoms with Gasteiger partial charge < -0.3 is 10.1 Å². The number of nitrogens with one attached hydrogen (secondary N) is 1. The zero-order valence-corrected chi connectivity index (χ0v) is 14.1. The Bertz CT molecular complexity index is 443. The summed E-state index contributed by atoms with van der Waals surface area (Å²) in [5, 5.41) is 3.74. The molecule has 2 rings (SSSR count). The topological polar surface area (TPSA) is 21.3 Å². The molecule has 0 spiro atoms. The summed E-state index contributed by atoms with van der Waals surface area (Å²) >= 11 is 0. The third kappa shape index (κ3) is 4.00. The molecule has 1 fully saturated rings. The first kappa shape index (κ1) is 16.4. The normalized spacial score (nSPS) is 23.8. The molecule has 1 N–H and O–H groups in total. The minimum Gasteiger partial charge on any atom is -0.496 e. The van der Waals surface area contributed by atoms with Crippen LogP contribution in [0, 0.1) is 18.8 Å². The predicted octanol–water partition coefficient (Wildman–Crippen LogP) is 4.87. The minimum atomic E-state index is 0.494. The van der Waals surface area contributed by atoms with Crippen LogP contribution in [0.25, 0.3) is 0 Å². The summed E-state index contributed by atoms with van der Waals surface area (Å²) in [6.07, 6.45) is 6.88. The van der Waals surface area contributed by atoms with Gasteiger partial charge in [0.05, 0.1) is 7.11 Å². The van der Waals surface area contributed by atoms with Crippen molar-refractivity contribution in [3.63, 3.8) is 0 Å². The van der Waals surface area contributed by atoms with Crippen molar-refractivity contribution in [1.29, 1.82) is 0 Å². The Morgan fingerprint density at radius 2 is 2.10 bits per heavy atom. The first-order chi connectivity index (χ1) is 10.2. The average molecular weight is 289 g/mol. The van der Waals surface area contributed by atoms with Crippen LogP contribution in [0.1, 0.15) is 63.1 Å². The maximum Gasteiger partial charge on any atom is 0.121 e. The van der Waals surface area contributed by atoms with E-state index in [9.17, 15) is 0 Å². The molecule has 0 saturated heterocycles. The lowest BCUT2D eigenvalue weighted by Gasteiger charge is -2.35. The highest BCUT2D eigenvalue weighted by atomic mass is 16.5. The van der Waals surface area contributed by atoms with Crippen LogP contribution in [0.2, 0.25) is 0 Å². The predicted molar refractivity (Wildman–Crippen MR) is 89.9 cm³/mol. The van der Waals surface area contributed by atoms with Gasteiger partial charge in [0, 0.05) is 6.04 Å². The molecule has 2 heteroatoms. The van der Waals surface area contributed by atoms with E-state index in [0.717, 1.165) is 24.1 Å². The highest BCUT2D eigenvalue weighted by Crippen LogP contribution is 2.39. The van der Waals surface area contributed by atoms with Crippen molar-refractivity contribution in [2.24, 2.45) is 11.8 Å². The first-order valence-corrected chi connectivity index (χ1v) is 8.57. The maximum atomic E-state index is 5.40. The monoisotopic (exact) mass is 289 g/mol. The van der Waals surface area contributed by atoms with E-state index in [0.29, 0.717) is 6.04 Å². The lowest BCUT2D eigenvalue weighted by Crippen LogP contribution is -2.31. The lowest BCUT2D eigenvalue weighted by molar-refractivity contribution is 0.210. The average Bonchev–Trinajstić information content (AvgIpc) is 2.52. The van der Waals surface area contributed by atoms with Gasteiger partial charge in [0.25, 0.3) is 0 Å². The van der Waals surface area contributed by atoms with Crippen molar-refractivity contribution < 1.29 is 4.74 Å². The van der Waals surface area contributed by atoms with Gasteiger partial charge in [-0.3, -0.25) is 0 Å². The molecule has 2 nitrogen and oxygen atoms in total. The van der Waals surface area contributed by atoms with E-state index in [1.807, 2.05) is 0 Å². The van der Waals surface area contributed by atoms with Crippen molar-refractivity contribution in [3.8, 4) is 5.75 Å². The summed E-state index contributed by atoms with van der Waals surface area (Å²) in [5.41, 5.74) is 2.66. The molecule has 1 aromatic rings. The second-order valence-electron chi connectivity index (χ2n) is 6.47. The minimum absolute atomic E-state index is 0.494. The van der Waals surface area contributed by atoms with Gasteiger partial charge in [-0.25, -0.2) is 0 Å². The summed E-state index contributed by atoms with van der Waals surface area (Å²) < 4.78 is 5.40. The van der Waals surface area contributed by atoms with Crippen LogP contribution >= 0.6 is 0 Å².